The second kappa shape index (κ2) is 20.2. The molecule has 0 radical (unpaired) electrons. The summed E-state index contributed by atoms with van der Waals surface area (Å²) in [4.78, 5) is 0. The SMILES string of the molecule is CCCCCCCCCCCCCCCCCCc1ccc2cc3cc4ccc([Si](OCC)(OCC)OCC)cc4cc3cc2c1. The number of hydrogen-bond donors (Lipinski definition) is 0. The molecule has 0 bridgehead atoms. The summed E-state index contributed by atoms with van der Waals surface area (Å²) >= 11 is 0. The van der Waals surface area contributed by atoms with Crippen LogP contribution < -0.4 is 5.19 Å². The van der Waals surface area contributed by atoms with E-state index in [2.05, 4.69) is 67.6 Å². The maximum absolute atomic E-state index is 6.19. The summed E-state index contributed by atoms with van der Waals surface area (Å²) < 4.78 is 18.6. The van der Waals surface area contributed by atoms with Crippen molar-refractivity contribution in [2.45, 2.75) is 137 Å². The third-order valence-corrected chi connectivity index (χ3v) is 12.5. The molecule has 0 amide bonds. The molecule has 0 saturated heterocycles. The van der Waals surface area contributed by atoms with Gasteiger partial charge in [0.1, 0.15) is 0 Å². The quantitative estimate of drug-likeness (QED) is 0.0432. The third-order valence-electron chi connectivity index (χ3n) is 9.49. The lowest BCUT2D eigenvalue weighted by atomic mass is 9.97. The van der Waals surface area contributed by atoms with Gasteiger partial charge in [0.15, 0.2) is 0 Å². The van der Waals surface area contributed by atoms with Crippen molar-refractivity contribution in [2.75, 3.05) is 19.8 Å². The molecule has 0 unspecified atom stereocenters. The Kier molecular flexibility index (Phi) is 16.1. The molecular weight excluding hydrogens is 581 g/mol. The van der Waals surface area contributed by atoms with Crippen molar-refractivity contribution < 1.29 is 13.3 Å². The van der Waals surface area contributed by atoms with E-state index in [1.807, 2.05) is 20.8 Å². The van der Waals surface area contributed by atoms with Gasteiger partial charge in [-0.3, -0.25) is 0 Å². The molecule has 0 aliphatic heterocycles. The number of hydrogen-bond acceptors (Lipinski definition) is 3. The lowest BCUT2D eigenvalue weighted by molar-refractivity contribution is 0.0859. The van der Waals surface area contributed by atoms with Crippen LogP contribution >= 0.6 is 0 Å². The maximum atomic E-state index is 6.19. The Labute approximate surface area is 281 Å². The topological polar surface area (TPSA) is 27.7 Å². The number of aryl methyl sites for hydroxylation is 1. The first-order valence-corrected chi connectivity index (χ1v) is 20.7. The van der Waals surface area contributed by atoms with E-state index in [1.165, 1.54) is 147 Å². The van der Waals surface area contributed by atoms with Gasteiger partial charge < -0.3 is 13.3 Å². The van der Waals surface area contributed by atoms with Crippen LogP contribution in [0.2, 0.25) is 0 Å². The Morgan fingerprint density at radius 1 is 0.391 bits per heavy atom. The molecule has 0 saturated carbocycles. The van der Waals surface area contributed by atoms with Crippen LogP contribution in [0.15, 0.2) is 60.7 Å². The largest absolute Gasteiger partial charge is 0.537 e. The van der Waals surface area contributed by atoms with Crippen molar-refractivity contribution in [1.29, 1.82) is 0 Å². The molecule has 4 aromatic carbocycles. The molecule has 0 heterocycles. The van der Waals surface area contributed by atoms with Crippen LogP contribution in [0.5, 0.6) is 0 Å². The Balaban J connectivity index is 1.25. The van der Waals surface area contributed by atoms with E-state index >= 15 is 0 Å². The van der Waals surface area contributed by atoms with E-state index in [0.29, 0.717) is 19.8 Å². The van der Waals surface area contributed by atoms with Crippen LogP contribution in [0.4, 0.5) is 0 Å². The smallest absolute Gasteiger partial charge is 0.370 e. The van der Waals surface area contributed by atoms with Crippen LogP contribution in [0.25, 0.3) is 32.3 Å². The third kappa shape index (κ3) is 10.9. The van der Waals surface area contributed by atoms with Crippen LogP contribution in [0, 0.1) is 0 Å². The van der Waals surface area contributed by atoms with Gasteiger partial charge in [0.05, 0.1) is 0 Å². The molecule has 0 aliphatic carbocycles. The zero-order valence-corrected chi connectivity index (χ0v) is 30.6. The fourth-order valence-corrected chi connectivity index (χ4v) is 9.48. The lowest BCUT2D eigenvalue weighted by Crippen LogP contribution is -2.56. The molecule has 0 N–H and O–H groups in total. The van der Waals surface area contributed by atoms with E-state index in [0.717, 1.165) is 5.19 Å². The number of benzene rings is 4. The Morgan fingerprint density at radius 3 is 1.26 bits per heavy atom. The van der Waals surface area contributed by atoms with Crippen molar-refractivity contribution in [1.82, 2.24) is 0 Å². The Morgan fingerprint density at radius 2 is 0.783 bits per heavy atom. The van der Waals surface area contributed by atoms with Crippen molar-refractivity contribution in [3.8, 4) is 0 Å². The second-order valence-electron chi connectivity index (χ2n) is 13.2. The van der Waals surface area contributed by atoms with E-state index in [-0.39, 0.29) is 0 Å². The standard InChI is InChI=1S/C42H62O3Si/c1-5-9-10-11-12-13-14-15-16-17-18-19-20-21-22-23-24-35-25-26-36-30-39-31-37-27-28-42(46(43-6-2,44-7-3)45-8-4)34-41(37)33-40(39)32-38(36)29-35/h25-34H,5-24H2,1-4H3. The van der Waals surface area contributed by atoms with Gasteiger partial charge in [-0.2, -0.15) is 0 Å². The highest BCUT2D eigenvalue weighted by molar-refractivity contribution is 6.75. The summed E-state index contributed by atoms with van der Waals surface area (Å²) in [7, 11) is -2.95. The summed E-state index contributed by atoms with van der Waals surface area (Å²) in [6.45, 7) is 10.0. The number of unbranched alkanes of at least 4 members (excludes halogenated alkanes) is 15. The molecule has 46 heavy (non-hydrogen) atoms. The molecule has 4 rings (SSSR count). The molecule has 252 valence electrons. The minimum atomic E-state index is -2.95. The summed E-state index contributed by atoms with van der Waals surface area (Å²) in [5.41, 5.74) is 1.46. The van der Waals surface area contributed by atoms with Gasteiger partial charge in [0, 0.05) is 25.0 Å². The molecular formula is C42H62O3Si. The minimum Gasteiger partial charge on any atom is -0.370 e. The predicted octanol–water partition coefficient (Wildman–Crippen LogP) is 12.2. The van der Waals surface area contributed by atoms with Gasteiger partial charge in [-0.1, -0.05) is 134 Å². The fraction of sp³-hybridized carbons (Fsp3) is 0.571. The predicted molar refractivity (Wildman–Crippen MR) is 202 cm³/mol. The van der Waals surface area contributed by atoms with Crippen molar-refractivity contribution in [2.24, 2.45) is 0 Å². The molecule has 0 aromatic heterocycles. The molecule has 4 heteroatoms. The highest BCUT2D eigenvalue weighted by atomic mass is 28.4. The monoisotopic (exact) mass is 642 g/mol. The molecule has 4 aromatic rings. The molecule has 0 atom stereocenters. The molecule has 0 fully saturated rings. The van der Waals surface area contributed by atoms with Crippen molar-refractivity contribution >= 4 is 46.3 Å². The van der Waals surface area contributed by atoms with Gasteiger partial charge in [0.25, 0.3) is 0 Å². The average molecular weight is 643 g/mol. The van der Waals surface area contributed by atoms with Gasteiger partial charge in [-0.15, -0.1) is 0 Å². The van der Waals surface area contributed by atoms with E-state index in [4.69, 9.17) is 13.3 Å². The first-order valence-electron chi connectivity index (χ1n) is 18.9. The van der Waals surface area contributed by atoms with Crippen molar-refractivity contribution in [3.05, 3.63) is 66.2 Å². The van der Waals surface area contributed by atoms with Crippen LogP contribution in [-0.4, -0.2) is 28.6 Å². The number of fused-ring (bicyclic) bond motifs is 3. The highest BCUT2D eigenvalue weighted by Gasteiger charge is 2.43. The Hall–Kier alpha value is -2.24. The van der Waals surface area contributed by atoms with Gasteiger partial charge in [0.2, 0.25) is 0 Å². The van der Waals surface area contributed by atoms with Crippen molar-refractivity contribution in [3.63, 3.8) is 0 Å². The normalized spacial score (nSPS) is 12.2. The van der Waals surface area contributed by atoms with Gasteiger partial charge >= 0.3 is 8.80 Å². The molecule has 0 aliphatic rings. The van der Waals surface area contributed by atoms with E-state index in [9.17, 15) is 0 Å². The maximum Gasteiger partial charge on any atom is 0.537 e. The minimum absolute atomic E-state index is 0.565. The van der Waals surface area contributed by atoms with Crippen LogP contribution in [0.1, 0.15) is 136 Å². The first-order chi connectivity index (χ1) is 22.6. The summed E-state index contributed by atoms with van der Waals surface area (Å²) in [6, 6.07) is 23.0. The summed E-state index contributed by atoms with van der Waals surface area (Å²) in [5, 5.41) is 8.65. The first kappa shape index (κ1) is 36.6. The van der Waals surface area contributed by atoms with E-state index in [1.54, 1.807) is 0 Å². The Bertz CT molecular complexity index is 1430. The molecule has 3 nitrogen and oxygen atoms in total. The number of rotatable bonds is 24. The van der Waals surface area contributed by atoms with Gasteiger partial charge in [-0.25, -0.2) is 0 Å². The zero-order chi connectivity index (χ0) is 32.5. The van der Waals surface area contributed by atoms with Gasteiger partial charge in [-0.05, 0) is 102 Å². The molecule has 0 spiro atoms. The zero-order valence-electron chi connectivity index (χ0n) is 29.6. The summed E-state index contributed by atoms with van der Waals surface area (Å²) in [6.07, 6.45) is 23.8. The highest BCUT2D eigenvalue weighted by Crippen LogP contribution is 2.29. The fourth-order valence-electron chi connectivity index (χ4n) is 6.97. The lowest BCUT2D eigenvalue weighted by Gasteiger charge is -2.28. The summed E-state index contributed by atoms with van der Waals surface area (Å²) in [5.74, 6) is 0. The van der Waals surface area contributed by atoms with Crippen LogP contribution in [0.3, 0.4) is 0 Å². The second-order valence-corrected chi connectivity index (χ2v) is 15.8. The van der Waals surface area contributed by atoms with E-state index < -0.39 is 8.80 Å². The van der Waals surface area contributed by atoms with Crippen LogP contribution in [-0.2, 0) is 19.7 Å². The average Bonchev–Trinajstić information content (AvgIpc) is 3.06.